The van der Waals surface area contributed by atoms with E-state index in [2.05, 4.69) is 4.98 Å². The molecule has 1 aromatic carbocycles. The summed E-state index contributed by atoms with van der Waals surface area (Å²) in [5.74, 6) is 1.55. The van der Waals surface area contributed by atoms with Crippen molar-refractivity contribution in [2.24, 2.45) is 0 Å². The summed E-state index contributed by atoms with van der Waals surface area (Å²) in [5, 5.41) is 1.08. The van der Waals surface area contributed by atoms with Gasteiger partial charge in [0.2, 0.25) is 6.79 Å². The summed E-state index contributed by atoms with van der Waals surface area (Å²) in [6.07, 6.45) is 1.75. The number of fused-ring (bicyclic) bond motifs is 3. The highest BCUT2D eigenvalue weighted by atomic mass is 16.7. The zero-order chi connectivity index (χ0) is 8.67. The Bertz CT molecular complexity index is 467. The molecule has 0 aliphatic carbocycles. The van der Waals surface area contributed by atoms with Crippen LogP contribution in [0.2, 0.25) is 0 Å². The van der Waals surface area contributed by atoms with Crippen molar-refractivity contribution in [1.82, 2.24) is 4.98 Å². The Hall–Kier alpha value is -1.77. The average molecular weight is 173 g/mol. The van der Waals surface area contributed by atoms with Crippen LogP contribution in [-0.2, 0) is 0 Å². The maximum atomic E-state index is 5.33. The standard InChI is InChI=1S/C10H7NO2/c1-2-7-3-4-8-10(13-6-12-8)9(7)11-5-1/h1-5H,6H2. The first-order valence-corrected chi connectivity index (χ1v) is 4.08. The van der Waals surface area contributed by atoms with Gasteiger partial charge in [-0.05, 0) is 18.2 Å². The van der Waals surface area contributed by atoms with Gasteiger partial charge in [0.05, 0.1) is 0 Å². The van der Waals surface area contributed by atoms with Gasteiger partial charge in [-0.2, -0.15) is 0 Å². The van der Waals surface area contributed by atoms with Crippen LogP contribution in [0.25, 0.3) is 10.9 Å². The predicted molar refractivity (Wildman–Crippen MR) is 47.9 cm³/mol. The molecule has 1 aromatic heterocycles. The van der Waals surface area contributed by atoms with Crippen molar-refractivity contribution in [3.63, 3.8) is 0 Å². The first kappa shape index (κ1) is 6.71. The highest BCUT2D eigenvalue weighted by molar-refractivity contribution is 5.87. The fraction of sp³-hybridized carbons (Fsp3) is 0.100. The SMILES string of the molecule is c1cnc2c3c(ccc2c1)OCO3. The third-order valence-electron chi connectivity index (χ3n) is 2.11. The topological polar surface area (TPSA) is 31.4 Å². The third-order valence-corrected chi connectivity index (χ3v) is 2.11. The molecular weight excluding hydrogens is 166 g/mol. The second-order valence-corrected chi connectivity index (χ2v) is 2.87. The monoisotopic (exact) mass is 173 g/mol. The lowest BCUT2D eigenvalue weighted by Gasteiger charge is -1.99. The van der Waals surface area contributed by atoms with Crippen molar-refractivity contribution in [3.8, 4) is 11.5 Å². The smallest absolute Gasteiger partial charge is 0.231 e. The Kier molecular flexibility index (Phi) is 1.22. The molecular formula is C10H7NO2. The lowest BCUT2D eigenvalue weighted by Crippen LogP contribution is -1.93. The van der Waals surface area contributed by atoms with Crippen LogP contribution in [0.4, 0.5) is 0 Å². The molecule has 0 unspecified atom stereocenters. The van der Waals surface area contributed by atoms with Gasteiger partial charge in [0, 0.05) is 11.6 Å². The molecule has 0 N–H and O–H groups in total. The van der Waals surface area contributed by atoms with Crippen LogP contribution >= 0.6 is 0 Å². The molecule has 1 aliphatic rings. The molecule has 0 saturated carbocycles. The number of pyridine rings is 1. The molecule has 0 bridgehead atoms. The molecule has 0 spiro atoms. The van der Waals surface area contributed by atoms with E-state index in [1.807, 2.05) is 24.3 Å². The molecule has 3 nitrogen and oxygen atoms in total. The van der Waals surface area contributed by atoms with Gasteiger partial charge < -0.3 is 9.47 Å². The van der Waals surface area contributed by atoms with Gasteiger partial charge in [0.1, 0.15) is 5.52 Å². The summed E-state index contributed by atoms with van der Waals surface area (Å²) >= 11 is 0. The fourth-order valence-electron chi connectivity index (χ4n) is 1.50. The highest BCUT2D eigenvalue weighted by Crippen LogP contribution is 2.37. The van der Waals surface area contributed by atoms with Gasteiger partial charge in [-0.3, -0.25) is 4.98 Å². The highest BCUT2D eigenvalue weighted by Gasteiger charge is 2.16. The van der Waals surface area contributed by atoms with Gasteiger partial charge in [0.15, 0.2) is 11.5 Å². The van der Waals surface area contributed by atoms with E-state index in [0.29, 0.717) is 6.79 Å². The van der Waals surface area contributed by atoms with E-state index in [9.17, 15) is 0 Å². The lowest BCUT2D eigenvalue weighted by atomic mass is 10.2. The zero-order valence-corrected chi connectivity index (χ0v) is 6.86. The zero-order valence-electron chi connectivity index (χ0n) is 6.86. The van der Waals surface area contributed by atoms with Gasteiger partial charge >= 0.3 is 0 Å². The van der Waals surface area contributed by atoms with Crippen LogP contribution in [0.15, 0.2) is 30.5 Å². The van der Waals surface area contributed by atoms with E-state index in [4.69, 9.17) is 9.47 Å². The largest absolute Gasteiger partial charge is 0.454 e. The number of nitrogens with zero attached hydrogens (tertiary/aromatic N) is 1. The molecule has 0 atom stereocenters. The number of aromatic nitrogens is 1. The molecule has 64 valence electrons. The predicted octanol–water partition coefficient (Wildman–Crippen LogP) is 1.96. The summed E-state index contributed by atoms with van der Waals surface area (Å²) in [6.45, 7) is 0.297. The van der Waals surface area contributed by atoms with E-state index in [1.165, 1.54) is 0 Å². The van der Waals surface area contributed by atoms with E-state index >= 15 is 0 Å². The van der Waals surface area contributed by atoms with Crippen molar-refractivity contribution in [3.05, 3.63) is 30.5 Å². The van der Waals surface area contributed by atoms with E-state index in [-0.39, 0.29) is 0 Å². The minimum Gasteiger partial charge on any atom is -0.454 e. The van der Waals surface area contributed by atoms with Crippen LogP contribution in [0, 0.1) is 0 Å². The minimum absolute atomic E-state index is 0.297. The molecule has 3 heteroatoms. The summed E-state index contributed by atoms with van der Waals surface area (Å²) in [6, 6.07) is 7.80. The molecule has 0 radical (unpaired) electrons. The Morgan fingerprint density at radius 3 is 3.15 bits per heavy atom. The van der Waals surface area contributed by atoms with E-state index in [1.54, 1.807) is 6.20 Å². The number of hydrogen-bond donors (Lipinski definition) is 0. The number of rotatable bonds is 0. The second-order valence-electron chi connectivity index (χ2n) is 2.87. The quantitative estimate of drug-likeness (QED) is 0.610. The molecule has 2 heterocycles. The normalized spacial score (nSPS) is 13.5. The second kappa shape index (κ2) is 2.36. The van der Waals surface area contributed by atoms with Crippen LogP contribution < -0.4 is 9.47 Å². The third kappa shape index (κ3) is 0.869. The molecule has 1 aliphatic heterocycles. The molecule has 0 amide bonds. The van der Waals surface area contributed by atoms with Crippen molar-refractivity contribution >= 4 is 10.9 Å². The first-order valence-electron chi connectivity index (χ1n) is 4.08. The van der Waals surface area contributed by atoms with Crippen molar-refractivity contribution in [1.29, 1.82) is 0 Å². The maximum Gasteiger partial charge on any atom is 0.231 e. The van der Waals surface area contributed by atoms with Crippen LogP contribution in [0.1, 0.15) is 0 Å². The van der Waals surface area contributed by atoms with Crippen molar-refractivity contribution in [2.75, 3.05) is 6.79 Å². The Morgan fingerprint density at radius 2 is 2.15 bits per heavy atom. The Balaban J connectivity index is 2.43. The van der Waals surface area contributed by atoms with E-state index in [0.717, 1.165) is 22.4 Å². The molecule has 0 saturated heterocycles. The van der Waals surface area contributed by atoms with Gasteiger partial charge in [-0.1, -0.05) is 6.07 Å². The van der Waals surface area contributed by atoms with Crippen molar-refractivity contribution < 1.29 is 9.47 Å². The first-order chi connectivity index (χ1) is 6.45. The fourth-order valence-corrected chi connectivity index (χ4v) is 1.50. The van der Waals surface area contributed by atoms with E-state index < -0.39 is 0 Å². The van der Waals surface area contributed by atoms with Crippen LogP contribution in [0.3, 0.4) is 0 Å². The molecule has 2 aromatic rings. The Labute approximate surface area is 74.9 Å². The molecule has 13 heavy (non-hydrogen) atoms. The molecule has 0 fully saturated rings. The maximum absolute atomic E-state index is 5.33. The summed E-state index contributed by atoms with van der Waals surface area (Å²) < 4.78 is 10.6. The number of benzene rings is 1. The van der Waals surface area contributed by atoms with Crippen LogP contribution in [0.5, 0.6) is 11.5 Å². The number of ether oxygens (including phenoxy) is 2. The van der Waals surface area contributed by atoms with Crippen LogP contribution in [-0.4, -0.2) is 11.8 Å². The van der Waals surface area contributed by atoms with Crippen molar-refractivity contribution in [2.45, 2.75) is 0 Å². The average Bonchev–Trinajstić information content (AvgIpc) is 2.65. The van der Waals surface area contributed by atoms with Gasteiger partial charge in [0.25, 0.3) is 0 Å². The van der Waals surface area contributed by atoms with Gasteiger partial charge in [-0.15, -0.1) is 0 Å². The lowest BCUT2D eigenvalue weighted by molar-refractivity contribution is 0.174. The Morgan fingerprint density at radius 1 is 1.15 bits per heavy atom. The minimum atomic E-state index is 0.297. The summed E-state index contributed by atoms with van der Waals surface area (Å²) in [5.41, 5.74) is 0.873. The molecule has 3 rings (SSSR count). The number of hydrogen-bond acceptors (Lipinski definition) is 3. The summed E-state index contributed by atoms with van der Waals surface area (Å²) in [4.78, 5) is 4.25. The summed E-state index contributed by atoms with van der Waals surface area (Å²) in [7, 11) is 0. The van der Waals surface area contributed by atoms with Gasteiger partial charge in [-0.25, -0.2) is 0 Å².